The zero-order chi connectivity index (χ0) is 23.6. The molecule has 0 bridgehead atoms. The molecule has 0 amide bonds. The maximum atomic E-state index is 13.2. The Bertz CT molecular complexity index is 1120. The van der Waals surface area contributed by atoms with Crippen molar-refractivity contribution < 1.29 is 22.6 Å². The van der Waals surface area contributed by atoms with E-state index in [0.717, 1.165) is 23.1 Å². The standard InChI is InChI=1S/C23H27F3N4O2/c1-12(31-4)6-16-9-19-20(11-21(16)32-5)29-14(3)30-22(19)28-13(2)15-7-17(23(24,25)26)10-18(27)8-15/h7-13H,6,27H2,1-5H3,(H,28,29,30)/t12-,13+/m0/s1. The fourth-order valence-corrected chi connectivity index (χ4v) is 3.55. The van der Waals surface area contributed by atoms with Gasteiger partial charge in [0.05, 0.1) is 30.3 Å². The highest BCUT2D eigenvalue weighted by Crippen LogP contribution is 2.35. The van der Waals surface area contributed by atoms with Gasteiger partial charge in [0.25, 0.3) is 0 Å². The lowest BCUT2D eigenvalue weighted by atomic mass is 10.0. The van der Waals surface area contributed by atoms with E-state index in [0.29, 0.717) is 34.9 Å². The van der Waals surface area contributed by atoms with Gasteiger partial charge in [-0.05, 0) is 56.2 Å². The summed E-state index contributed by atoms with van der Waals surface area (Å²) in [5.74, 6) is 1.73. The summed E-state index contributed by atoms with van der Waals surface area (Å²) in [7, 11) is 3.23. The monoisotopic (exact) mass is 448 g/mol. The summed E-state index contributed by atoms with van der Waals surface area (Å²) >= 11 is 0. The number of rotatable bonds is 7. The molecule has 32 heavy (non-hydrogen) atoms. The molecular formula is C23H27F3N4O2. The number of benzene rings is 2. The van der Waals surface area contributed by atoms with Gasteiger partial charge in [-0.2, -0.15) is 13.2 Å². The minimum atomic E-state index is -4.48. The number of aromatic nitrogens is 2. The van der Waals surface area contributed by atoms with Crippen LogP contribution in [-0.4, -0.2) is 30.3 Å². The van der Waals surface area contributed by atoms with Crippen molar-refractivity contribution in [2.75, 3.05) is 25.3 Å². The number of nitrogens with zero attached hydrogens (tertiary/aromatic N) is 2. The Morgan fingerprint density at radius 1 is 1.06 bits per heavy atom. The van der Waals surface area contributed by atoms with E-state index in [2.05, 4.69) is 15.3 Å². The summed E-state index contributed by atoms with van der Waals surface area (Å²) in [6, 6.07) is 6.83. The van der Waals surface area contributed by atoms with Crippen molar-refractivity contribution in [2.45, 2.75) is 45.5 Å². The third kappa shape index (κ3) is 5.21. The van der Waals surface area contributed by atoms with Gasteiger partial charge in [0, 0.05) is 30.7 Å². The number of hydrogen-bond donors (Lipinski definition) is 2. The van der Waals surface area contributed by atoms with Gasteiger partial charge in [0.1, 0.15) is 17.4 Å². The second-order valence-electron chi connectivity index (χ2n) is 7.80. The van der Waals surface area contributed by atoms with E-state index in [1.807, 2.05) is 19.1 Å². The fraction of sp³-hybridized carbons (Fsp3) is 0.391. The number of aryl methyl sites for hydroxylation is 1. The van der Waals surface area contributed by atoms with Crippen molar-refractivity contribution in [1.29, 1.82) is 0 Å². The maximum Gasteiger partial charge on any atom is 0.416 e. The fourth-order valence-electron chi connectivity index (χ4n) is 3.55. The molecule has 3 N–H and O–H groups in total. The van der Waals surface area contributed by atoms with E-state index in [-0.39, 0.29) is 11.8 Å². The van der Waals surface area contributed by atoms with Crippen LogP contribution in [0.4, 0.5) is 24.7 Å². The normalized spacial score (nSPS) is 13.8. The van der Waals surface area contributed by atoms with Crippen LogP contribution in [0.1, 0.15) is 42.4 Å². The van der Waals surface area contributed by atoms with Crippen LogP contribution < -0.4 is 15.8 Å². The Morgan fingerprint density at radius 2 is 1.78 bits per heavy atom. The van der Waals surface area contributed by atoms with Crippen LogP contribution in [0.25, 0.3) is 10.9 Å². The van der Waals surface area contributed by atoms with Gasteiger partial charge in [-0.3, -0.25) is 0 Å². The number of halogens is 3. The highest BCUT2D eigenvalue weighted by Gasteiger charge is 2.31. The van der Waals surface area contributed by atoms with Crippen LogP contribution >= 0.6 is 0 Å². The highest BCUT2D eigenvalue weighted by molar-refractivity contribution is 5.91. The smallest absolute Gasteiger partial charge is 0.416 e. The van der Waals surface area contributed by atoms with Crippen molar-refractivity contribution in [2.24, 2.45) is 0 Å². The summed E-state index contributed by atoms with van der Waals surface area (Å²) in [6.07, 6.45) is -3.90. The Kier molecular flexibility index (Phi) is 6.78. The highest BCUT2D eigenvalue weighted by atomic mass is 19.4. The third-order valence-electron chi connectivity index (χ3n) is 5.28. The van der Waals surface area contributed by atoms with E-state index in [9.17, 15) is 13.2 Å². The van der Waals surface area contributed by atoms with Gasteiger partial charge in [0.15, 0.2) is 0 Å². The SMILES string of the molecule is COc1cc2nc(C)nc(N[C@H](C)c3cc(N)cc(C(F)(F)F)c3)c2cc1C[C@H](C)OC. The molecule has 0 aliphatic carbocycles. The summed E-state index contributed by atoms with van der Waals surface area (Å²) < 4.78 is 50.6. The number of anilines is 2. The first kappa shape index (κ1) is 23.6. The van der Waals surface area contributed by atoms with Crippen LogP contribution in [0.3, 0.4) is 0 Å². The lowest BCUT2D eigenvalue weighted by Gasteiger charge is -2.20. The van der Waals surface area contributed by atoms with Crippen LogP contribution in [0.15, 0.2) is 30.3 Å². The Labute approximate surface area is 185 Å². The van der Waals surface area contributed by atoms with E-state index in [1.54, 1.807) is 28.1 Å². The largest absolute Gasteiger partial charge is 0.496 e. The van der Waals surface area contributed by atoms with Crippen LogP contribution in [0, 0.1) is 6.92 Å². The van der Waals surface area contributed by atoms with Crippen molar-refractivity contribution in [3.8, 4) is 5.75 Å². The first-order valence-corrected chi connectivity index (χ1v) is 10.1. The van der Waals surface area contributed by atoms with Gasteiger partial charge >= 0.3 is 6.18 Å². The number of fused-ring (bicyclic) bond motifs is 1. The minimum Gasteiger partial charge on any atom is -0.496 e. The molecule has 3 aromatic rings. The Hall–Kier alpha value is -3.07. The molecule has 0 unspecified atom stereocenters. The average Bonchev–Trinajstić information content (AvgIpc) is 2.72. The molecule has 0 spiro atoms. The van der Waals surface area contributed by atoms with Crippen molar-refractivity contribution in [1.82, 2.24) is 9.97 Å². The molecule has 1 heterocycles. The molecule has 0 aliphatic heterocycles. The zero-order valence-electron chi connectivity index (χ0n) is 18.7. The number of alkyl halides is 3. The molecule has 6 nitrogen and oxygen atoms in total. The summed E-state index contributed by atoms with van der Waals surface area (Å²) in [5.41, 5.74) is 6.99. The number of methoxy groups -OCH3 is 2. The Morgan fingerprint density at radius 3 is 2.41 bits per heavy atom. The van der Waals surface area contributed by atoms with Crippen LogP contribution in [0.2, 0.25) is 0 Å². The van der Waals surface area contributed by atoms with Crippen LogP contribution in [-0.2, 0) is 17.3 Å². The van der Waals surface area contributed by atoms with E-state index in [1.165, 1.54) is 6.07 Å². The van der Waals surface area contributed by atoms with E-state index >= 15 is 0 Å². The van der Waals surface area contributed by atoms with E-state index < -0.39 is 17.8 Å². The zero-order valence-corrected chi connectivity index (χ0v) is 18.7. The molecule has 3 rings (SSSR count). The minimum absolute atomic E-state index is 0.0314. The summed E-state index contributed by atoms with van der Waals surface area (Å²) in [4.78, 5) is 9.00. The molecule has 0 fully saturated rings. The first-order chi connectivity index (χ1) is 15.0. The average molecular weight is 448 g/mol. The molecular weight excluding hydrogens is 421 g/mol. The second kappa shape index (κ2) is 9.20. The second-order valence-corrected chi connectivity index (χ2v) is 7.80. The molecule has 0 radical (unpaired) electrons. The molecule has 9 heteroatoms. The van der Waals surface area contributed by atoms with Gasteiger partial charge in [-0.1, -0.05) is 0 Å². The van der Waals surface area contributed by atoms with Crippen molar-refractivity contribution in [3.63, 3.8) is 0 Å². The quantitative estimate of drug-likeness (QED) is 0.478. The van der Waals surface area contributed by atoms with Gasteiger partial charge in [-0.25, -0.2) is 9.97 Å². The van der Waals surface area contributed by atoms with Gasteiger partial charge < -0.3 is 20.5 Å². The summed E-state index contributed by atoms with van der Waals surface area (Å²) in [6.45, 7) is 5.47. The van der Waals surface area contributed by atoms with Crippen molar-refractivity contribution >= 4 is 22.4 Å². The van der Waals surface area contributed by atoms with Gasteiger partial charge in [0.2, 0.25) is 0 Å². The third-order valence-corrected chi connectivity index (χ3v) is 5.28. The number of nitrogens with two attached hydrogens (primary N) is 1. The molecule has 1 aromatic heterocycles. The van der Waals surface area contributed by atoms with Crippen molar-refractivity contribution in [3.05, 3.63) is 52.8 Å². The van der Waals surface area contributed by atoms with Gasteiger partial charge in [-0.15, -0.1) is 0 Å². The molecule has 0 saturated heterocycles. The Balaban J connectivity index is 2.05. The molecule has 172 valence electrons. The predicted octanol–water partition coefficient (Wildman–Crippen LogP) is 5.30. The molecule has 0 saturated carbocycles. The topological polar surface area (TPSA) is 82.3 Å². The summed E-state index contributed by atoms with van der Waals surface area (Å²) in [5, 5.41) is 3.97. The van der Waals surface area contributed by atoms with E-state index in [4.69, 9.17) is 15.2 Å². The lowest BCUT2D eigenvalue weighted by molar-refractivity contribution is -0.137. The first-order valence-electron chi connectivity index (χ1n) is 10.1. The number of nitrogen functional groups attached to an aromatic ring is 1. The number of nitrogens with one attached hydrogen (secondary N) is 1. The molecule has 2 atom stereocenters. The lowest BCUT2D eigenvalue weighted by Crippen LogP contribution is -2.13. The predicted molar refractivity (Wildman–Crippen MR) is 119 cm³/mol. The number of hydrogen-bond acceptors (Lipinski definition) is 6. The maximum absolute atomic E-state index is 13.2. The number of ether oxygens (including phenoxy) is 2. The molecule has 2 aromatic carbocycles. The molecule has 0 aliphatic rings. The van der Waals surface area contributed by atoms with Crippen LogP contribution in [0.5, 0.6) is 5.75 Å².